The van der Waals surface area contributed by atoms with Crippen molar-refractivity contribution in [3.05, 3.63) is 34.3 Å². The van der Waals surface area contributed by atoms with Gasteiger partial charge in [0.15, 0.2) is 0 Å². The van der Waals surface area contributed by atoms with Gasteiger partial charge in [0.05, 0.1) is 6.42 Å². The molecule has 3 N–H and O–H groups in total. The molecule has 0 saturated heterocycles. The molecule has 18 heavy (non-hydrogen) atoms. The van der Waals surface area contributed by atoms with Crippen molar-refractivity contribution in [1.82, 2.24) is 5.32 Å². The molecule has 0 aliphatic heterocycles. The summed E-state index contributed by atoms with van der Waals surface area (Å²) >= 11 is 3.20. The van der Waals surface area contributed by atoms with Gasteiger partial charge in [0.2, 0.25) is 0 Å². The largest absolute Gasteiger partial charge is 0.481 e. The van der Waals surface area contributed by atoms with E-state index >= 15 is 0 Å². The van der Waals surface area contributed by atoms with E-state index in [1.54, 1.807) is 12.1 Å². The highest BCUT2D eigenvalue weighted by atomic mass is 79.9. The Balaban J connectivity index is 2.75. The molecule has 0 saturated carbocycles. The lowest BCUT2D eigenvalue weighted by molar-refractivity contribution is -0.145. The van der Waals surface area contributed by atoms with Gasteiger partial charge in [-0.05, 0) is 24.3 Å². The Bertz CT molecular complexity index is 471. The van der Waals surface area contributed by atoms with Gasteiger partial charge in [-0.15, -0.1) is 0 Å². The minimum absolute atomic E-state index is 0.259. The topological polar surface area (TPSA) is 104 Å². The maximum absolute atomic E-state index is 11.7. The lowest BCUT2D eigenvalue weighted by Gasteiger charge is -2.12. The molecule has 96 valence electrons. The van der Waals surface area contributed by atoms with Crippen molar-refractivity contribution >= 4 is 33.8 Å². The number of hydrogen-bond donors (Lipinski definition) is 3. The molecule has 1 amide bonds. The van der Waals surface area contributed by atoms with E-state index in [9.17, 15) is 14.4 Å². The summed E-state index contributed by atoms with van der Waals surface area (Å²) in [5, 5.41) is 19.5. The van der Waals surface area contributed by atoms with Crippen LogP contribution in [0.25, 0.3) is 0 Å². The van der Waals surface area contributed by atoms with Crippen molar-refractivity contribution in [3.8, 4) is 0 Å². The third-order valence-corrected chi connectivity index (χ3v) is 2.62. The molecule has 1 aromatic carbocycles. The van der Waals surface area contributed by atoms with E-state index in [0.29, 0.717) is 0 Å². The zero-order valence-corrected chi connectivity index (χ0v) is 10.7. The molecule has 0 heterocycles. The van der Waals surface area contributed by atoms with Crippen LogP contribution >= 0.6 is 15.9 Å². The van der Waals surface area contributed by atoms with Crippen LogP contribution in [-0.2, 0) is 9.59 Å². The molecule has 0 radical (unpaired) electrons. The summed E-state index contributed by atoms with van der Waals surface area (Å²) in [5.41, 5.74) is 0.259. The molecule has 7 heteroatoms. The van der Waals surface area contributed by atoms with Crippen molar-refractivity contribution in [1.29, 1.82) is 0 Å². The Kier molecular flexibility index (Phi) is 4.85. The number of nitrogens with one attached hydrogen (secondary N) is 1. The monoisotopic (exact) mass is 315 g/mol. The SMILES string of the molecule is O=C(O)C[C@H](NC(=O)c1ccc(Br)cc1)C(=O)O. The van der Waals surface area contributed by atoms with Gasteiger partial charge in [-0.2, -0.15) is 0 Å². The third-order valence-electron chi connectivity index (χ3n) is 2.09. The van der Waals surface area contributed by atoms with Gasteiger partial charge in [-0.1, -0.05) is 15.9 Å². The molecule has 0 aromatic heterocycles. The Morgan fingerprint density at radius 2 is 1.72 bits per heavy atom. The van der Waals surface area contributed by atoms with Crippen molar-refractivity contribution in [2.45, 2.75) is 12.5 Å². The molecular formula is C11H10BrNO5. The first-order valence-electron chi connectivity index (χ1n) is 4.91. The Morgan fingerprint density at radius 1 is 1.17 bits per heavy atom. The molecule has 0 aliphatic rings. The fourth-order valence-corrected chi connectivity index (χ4v) is 1.48. The number of carboxylic acid groups (broad SMARTS) is 2. The smallest absolute Gasteiger partial charge is 0.326 e. The predicted molar refractivity (Wildman–Crippen MR) is 65.3 cm³/mol. The predicted octanol–water partition coefficient (Wildman–Crippen LogP) is 1.11. The molecule has 0 aliphatic carbocycles. The summed E-state index contributed by atoms with van der Waals surface area (Å²) in [6.45, 7) is 0. The van der Waals surface area contributed by atoms with Crippen LogP contribution in [-0.4, -0.2) is 34.1 Å². The third kappa shape index (κ3) is 4.17. The van der Waals surface area contributed by atoms with Crippen molar-refractivity contribution < 1.29 is 24.6 Å². The number of benzene rings is 1. The van der Waals surface area contributed by atoms with Gasteiger partial charge in [0, 0.05) is 10.0 Å². The summed E-state index contributed by atoms with van der Waals surface area (Å²) < 4.78 is 0.777. The van der Waals surface area contributed by atoms with Crippen LogP contribution in [0.5, 0.6) is 0 Å². The molecular weight excluding hydrogens is 306 g/mol. The minimum atomic E-state index is -1.45. The quantitative estimate of drug-likeness (QED) is 0.755. The van der Waals surface area contributed by atoms with E-state index in [4.69, 9.17) is 10.2 Å². The number of carbonyl (C=O) groups is 3. The molecule has 0 fully saturated rings. The van der Waals surface area contributed by atoms with E-state index in [-0.39, 0.29) is 5.56 Å². The zero-order chi connectivity index (χ0) is 13.7. The van der Waals surface area contributed by atoms with Gasteiger partial charge in [0.1, 0.15) is 6.04 Å². The number of rotatable bonds is 5. The summed E-state index contributed by atoms with van der Waals surface area (Å²) in [6.07, 6.45) is -0.669. The molecule has 1 aromatic rings. The maximum atomic E-state index is 11.7. The first-order valence-corrected chi connectivity index (χ1v) is 5.70. The van der Waals surface area contributed by atoms with E-state index in [1.165, 1.54) is 12.1 Å². The molecule has 1 atom stereocenters. The molecule has 0 bridgehead atoms. The lowest BCUT2D eigenvalue weighted by atomic mass is 10.1. The summed E-state index contributed by atoms with van der Waals surface area (Å²) in [7, 11) is 0. The van der Waals surface area contributed by atoms with Crippen LogP contribution in [0.1, 0.15) is 16.8 Å². The van der Waals surface area contributed by atoms with Crippen LogP contribution in [0.3, 0.4) is 0 Å². The van der Waals surface area contributed by atoms with E-state index < -0.39 is 30.3 Å². The summed E-state index contributed by atoms with van der Waals surface area (Å²) in [5.74, 6) is -3.31. The second-order valence-electron chi connectivity index (χ2n) is 3.47. The number of amides is 1. The molecule has 0 spiro atoms. The molecule has 0 unspecified atom stereocenters. The average Bonchev–Trinajstić information content (AvgIpc) is 2.28. The van der Waals surface area contributed by atoms with Gasteiger partial charge in [-0.3, -0.25) is 9.59 Å². The standard InChI is InChI=1S/C11H10BrNO5/c12-7-3-1-6(2-4-7)10(16)13-8(11(17)18)5-9(14)15/h1-4,8H,5H2,(H,13,16)(H,14,15)(H,17,18)/t8-/m0/s1. The number of carbonyl (C=O) groups excluding carboxylic acids is 1. The second kappa shape index (κ2) is 6.15. The van der Waals surface area contributed by atoms with Gasteiger partial charge in [0.25, 0.3) is 5.91 Å². The lowest BCUT2D eigenvalue weighted by Crippen LogP contribution is -2.42. The number of aliphatic carboxylic acids is 2. The van der Waals surface area contributed by atoms with Crippen LogP contribution < -0.4 is 5.32 Å². The first kappa shape index (κ1) is 14.2. The fraction of sp³-hybridized carbons (Fsp3) is 0.182. The van der Waals surface area contributed by atoms with Gasteiger partial charge >= 0.3 is 11.9 Å². The van der Waals surface area contributed by atoms with E-state index in [0.717, 1.165) is 4.47 Å². The highest BCUT2D eigenvalue weighted by molar-refractivity contribution is 9.10. The Hall–Kier alpha value is -1.89. The number of carboxylic acids is 2. The van der Waals surface area contributed by atoms with Crippen LogP contribution in [0.15, 0.2) is 28.7 Å². The van der Waals surface area contributed by atoms with Crippen LogP contribution in [0, 0.1) is 0 Å². The minimum Gasteiger partial charge on any atom is -0.481 e. The normalized spacial score (nSPS) is 11.6. The first-order chi connectivity index (χ1) is 8.40. The van der Waals surface area contributed by atoms with Crippen molar-refractivity contribution in [2.75, 3.05) is 0 Å². The van der Waals surface area contributed by atoms with Gasteiger partial charge in [-0.25, -0.2) is 4.79 Å². The summed E-state index contributed by atoms with van der Waals surface area (Å²) in [4.78, 5) is 32.9. The summed E-state index contributed by atoms with van der Waals surface area (Å²) in [6, 6.07) is 4.81. The highest BCUT2D eigenvalue weighted by Crippen LogP contribution is 2.10. The highest BCUT2D eigenvalue weighted by Gasteiger charge is 2.23. The average molecular weight is 316 g/mol. The Labute approximate surface area is 111 Å². The second-order valence-corrected chi connectivity index (χ2v) is 4.38. The number of hydrogen-bond acceptors (Lipinski definition) is 3. The zero-order valence-electron chi connectivity index (χ0n) is 9.09. The number of halogens is 1. The van der Waals surface area contributed by atoms with E-state index in [2.05, 4.69) is 21.2 Å². The maximum Gasteiger partial charge on any atom is 0.326 e. The van der Waals surface area contributed by atoms with Crippen LogP contribution in [0.2, 0.25) is 0 Å². The Morgan fingerprint density at radius 3 is 2.17 bits per heavy atom. The van der Waals surface area contributed by atoms with Crippen molar-refractivity contribution in [2.24, 2.45) is 0 Å². The molecule has 6 nitrogen and oxygen atoms in total. The molecule has 1 rings (SSSR count). The van der Waals surface area contributed by atoms with Crippen LogP contribution in [0.4, 0.5) is 0 Å². The van der Waals surface area contributed by atoms with E-state index in [1.807, 2.05) is 0 Å². The fourth-order valence-electron chi connectivity index (χ4n) is 1.22. The van der Waals surface area contributed by atoms with Gasteiger partial charge < -0.3 is 15.5 Å². The van der Waals surface area contributed by atoms with Crippen molar-refractivity contribution in [3.63, 3.8) is 0 Å².